The van der Waals surface area contributed by atoms with Crippen LogP contribution in [0.25, 0.3) is 0 Å². The highest BCUT2D eigenvalue weighted by molar-refractivity contribution is 5.81. The Labute approximate surface area is 132 Å². The molecule has 1 amide bonds. The molecule has 3 rings (SSSR count). The number of amides is 1. The Balaban J connectivity index is 1.67. The average molecular weight is 302 g/mol. The molecule has 1 saturated carbocycles. The number of ether oxygens (including phenoxy) is 1. The van der Waals surface area contributed by atoms with E-state index in [-0.39, 0.29) is 17.9 Å². The number of carbonyl (C=O) groups is 1. The normalized spacial score (nSPS) is 25.7. The van der Waals surface area contributed by atoms with E-state index < -0.39 is 0 Å². The molecule has 4 nitrogen and oxygen atoms in total. The van der Waals surface area contributed by atoms with Crippen LogP contribution in [0.2, 0.25) is 0 Å². The molecule has 0 spiro atoms. The summed E-state index contributed by atoms with van der Waals surface area (Å²) in [7, 11) is 1.68. The first-order valence-electron chi connectivity index (χ1n) is 8.34. The van der Waals surface area contributed by atoms with Gasteiger partial charge >= 0.3 is 0 Å². The molecule has 22 heavy (non-hydrogen) atoms. The second-order valence-corrected chi connectivity index (χ2v) is 6.60. The van der Waals surface area contributed by atoms with E-state index >= 15 is 0 Å². The van der Waals surface area contributed by atoms with Gasteiger partial charge in [-0.15, -0.1) is 0 Å². The molecule has 1 heterocycles. The largest absolute Gasteiger partial charge is 0.497 e. The SMILES string of the molecule is COc1ccc([C@H](CNC(=O)[C@H]2C[C@@H]2C)N2CCCC2)cc1. The number of nitrogens with zero attached hydrogens (tertiary/aromatic N) is 1. The lowest BCUT2D eigenvalue weighted by atomic mass is 10.0. The van der Waals surface area contributed by atoms with E-state index in [4.69, 9.17) is 4.74 Å². The van der Waals surface area contributed by atoms with E-state index in [2.05, 4.69) is 29.3 Å². The van der Waals surface area contributed by atoms with Crippen molar-refractivity contribution >= 4 is 5.91 Å². The third kappa shape index (κ3) is 3.43. The van der Waals surface area contributed by atoms with Crippen LogP contribution in [0.1, 0.15) is 37.8 Å². The molecule has 1 aliphatic carbocycles. The quantitative estimate of drug-likeness (QED) is 0.878. The van der Waals surface area contributed by atoms with Crippen molar-refractivity contribution in [3.8, 4) is 5.75 Å². The molecule has 1 aliphatic heterocycles. The lowest BCUT2D eigenvalue weighted by Crippen LogP contribution is -2.37. The number of hydrogen-bond acceptors (Lipinski definition) is 3. The van der Waals surface area contributed by atoms with Gasteiger partial charge < -0.3 is 10.1 Å². The number of benzene rings is 1. The maximum atomic E-state index is 12.1. The van der Waals surface area contributed by atoms with Crippen molar-refractivity contribution in [1.29, 1.82) is 0 Å². The van der Waals surface area contributed by atoms with Crippen molar-refractivity contribution in [2.24, 2.45) is 11.8 Å². The predicted molar refractivity (Wildman–Crippen MR) is 86.8 cm³/mol. The number of hydrogen-bond donors (Lipinski definition) is 1. The first kappa shape index (κ1) is 15.3. The predicted octanol–water partition coefficient (Wildman–Crippen LogP) is 2.60. The number of carbonyl (C=O) groups excluding carboxylic acids is 1. The molecule has 1 aromatic rings. The Bertz CT molecular complexity index is 508. The van der Waals surface area contributed by atoms with Gasteiger partial charge in [-0.05, 0) is 56.0 Å². The summed E-state index contributed by atoms with van der Waals surface area (Å²) in [6.07, 6.45) is 3.54. The lowest BCUT2D eigenvalue weighted by molar-refractivity contribution is -0.122. The molecule has 1 aromatic carbocycles. The number of likely N-dealkylation sites (tertiary alicyclic amines) is 1. The molecule has 0 radical (unpaired) electrons. The van der Waals surface area contributed by atoms with E-state index in [1.54, 1.807) is 7.11 Å². The van der Waals surface area contributed by atoms with Crippen LogP contribution in [0.4, 0.5) is 0 Å². The Morgan fingerprint density at radius 1 is 1.32 bits per heavy atom. The van der Waals surface area contributed by atoms with Crippen LogP contribution in [0, 0.1) is 11.8 Å². The summed E-state index contributed by atoms with van der Waals surface area (Å²) in [4.78, 5) is 14.6. The maximum absolute atomic E-state index is 12.1. The van der Waals surface area contributed by atoms with Gasteiger partial charge in [0, 0.05) is 12.5 Å². The Morgan fingerprint density at radius 3 is 2.50 bits per heavy atom. The molecular formula is C18H26N2O2. The zero-order chi connectivity index (χ0) is 15.5. The van der Waals surface area contributed by atoms with Crippen LogP contribution in [-0.2, 0) is 4.79 Å². The molecule has 3 atom stereocenters. The highest BCUT2D eigenvalue weighted by Crippen LogP contribution is 2.37. The van der Waals surface area contributed by atoms with Crippen LogP contribution in [0.5, 0.6) is 5.75 Å². The Hall–Kier alpha value is -1.55. The highest BCUT2D eigenvalue weighted by atomic mass is 16.5. The van der Waals surface area contributed by atoms with Crippen molar-refractivity contribution in [2.45, 2.75) is 32.2 Å². The van der Waals surface area contributed by atoms with Gasteiger partial charge in [0.15, 0.2) is 0 Å². The van der Waals surface area contributed by atoms with Crippen LogP contribution in [0.15, 0.2) is 24.3 Å². The molecule has 4 heteroatoms. The summed E-state index contributed by atoms with van der Waals surface area (Å²) in [6.45, 7) is 5.08. The number of rotatable bonds is 6. The number of methoxy groups -OCH3 is 1. The second kappa shape index (κ2) is 6.69. The van der Waals surface area contributed by atoms with Crippen molar-refractivity contribution in [3.05, 3.63) is 29.8 Å². The van der Waals surface area contributed by atoms with Crippen LogP contribution in [-0.4, -0.2) is 37.6 Å². The third-order valence-corrected chi connectivity index (χ3v) is 5.00. The molecule has 0 bridgehead atoms. The summed E-state index contributed by atoms with van der Waals surface area (Å²) < 4.78 is 5.24. The Morgan fingerprint density at radius 2 is 1.95 bits per heavy atom. The minimum Gasteiger partial charge on any atom is -0.497 e. The van der Waals surface area contributed by atoms with Crippen molar-refractivity contribution in [2.75, 3.05) is 26.7 Å². The van der Waals surface area contributed by atoms with Gasteiger partial charge in [-0.25, -0.2) is 0 Å². The monoisotopic (exact) mass is 302 g/mol. The fourth-order valence-electron chi connectivity index (χ4n) is 3.35. The van der Waals surface area contributed by atoms with Gasteiger partial charge in [-0.2, -0.15) is 0 Å². The van der Waals surface area contributed by atoms with E-state index in [0.717, 1.165) is 25.3 Å². The van der Waals surface area contributed by atoms with Gasteiger partial charge in [-0.1, -0.05) is 19.1 Å². The summed E-state index contributed by atoms with van der Waals surface area (Å²) in [5, 5.41) is 3.17. The van der Waals surface area contributed by atoms with Crippen LogP contribution >= 0.6 is 0 Å². The summed E-state index contributed by atoms with van der Waals surface area (Å²) >= 11 is 0. The molecular weight excluding hydrogens is 276 g/mol. The van der Waals surface area contributed by atoms with Gasteiger partial charge in [0.2, 0.25) is 5.91 Å². The highest BCUT2D eigenvalue weighted by Gasteiger charge is 2.39. The van der Waals surface area contributed by atoms with E-state index in [0.29, 0.717) is 12.5 Å². The van der Waals surface area contributed by atoms with E-state index in [1.165, 1.54) is 18.4 Å². The summed E-state index contributed by atoms with van der Waals surface area (Å²) in [5.41, 5.74) is 1.26. The fourth-order valence-corrected chi connectivity index (χ4v) is 3.35. The molecule has 1 saturated heterocycles. The molecule has 0 unspecified atom stereocenters. The van der Waals surface area contributed by atoms with E-state index in [9.17, 15) is 4.79 Å². The van der Waals surface area contributed by atoms with Gasteiger partial charge in [-0.3, -0.25) is 9.69 Å². The molecule has 120 valence electrons. The second-order valence-electron chi connectivity index (χ2n) is 6.60. The first-order chi connectivity index (χ1) is 10.7. The zero-order valence-electron chi connectivity index (χ0n) is 13.5. The molecule has 2 aliphatic rings. The third-order valence-electron chi connectivity index (χ3n) is 5.00. The van der Waals surface area contributed by atoms with Crippen molar-refractivity contribution < 1.29 is 9.53 Å². The number of nitrogens with one attached hydrogen (secondary N) is 1. The lowest BCUT2D eigenvalue weighted by Gasteiger charge is -2.28. The minimum absolute atomic E-state index is 0.227. The fraction of sp³-hybridized carbons (Fsp3) is 0.611. The van der Waals surface area contributed by atoms with Crippen LogP contribution in [0.3, 0.4) is 0 Å². The standard InChI is InChI=1S/C18H26N2O2/c1-13-11-16(13)18(21)19-12-17(20-9-3-4-10-20)14-5-7-15(22-2)8-6-14/h5-8,13,16-17H,3-4,9-12H2,1-2H3,(H,19,21)/t13-,16-,17-/m0/s1. The van der Waals surface area contributed by atoms with Gasteiger partial charge in [0.25, 0.3) is 0 Å². The Kier molecular flexibility index (Phi) is 4.67. The van der Waals surface area contributed by atoms with E-state index in [1.807, 2.05) is 12.1 Å². The topological polar surface area (TPSA) is 41.6 Å². The summed E-state index contributed by atoms with van der Waals surface area (Å²) in [5.74, 6) is 1.91. The maximum Gasteiger partial charge on any atom is 0.223 e. The first-order valence-corrected chi connectivity index (χ1v) is 8.34. The molecule has 1 N–H and O–H groups in total. The van der Waals surface area contributed by atoms with Gasteiger partial charge in [0.05, 0.1) is 13.2 Å². The van der Waals surface area contributed by atoms with Gasteiger partial charge in [0.1, 0.15) is 5.75 Å². The van der Waals surface area contributed by atoms with Crippen LogP contribution < -0.4 is 10.1 Å². The van der Waals surface area contributed by atoms with Crippen molar-refractivity contribution in [1.82, 2.24) is 10.2 Å². The minimum atomic E-state index is 0.227. The molecule has 0 aromatic heterocycles. The average Bonchev–Trinajstić information content (AvgIpc) is 3.04. The van der Waals surface area contributed by atoms with Crippen molar-refractivity contribution in [3.63, 3.8) is 0 Å². The summed E-state index contributed by atoms with van der Waals surface area (Å²) in [6, 6.07) is 8.51. The zero-order valence-corrected chi connectivity index (χ0v) is 13.5. The molecule has 2 fully saturated rings. The smallest absolute Gasteiger partial charge is 0.223 e.